The molecule has 4 aromatic carbocycles. The molecule has 1 atom stereocenters. The molecule has 0 fully saturated rings. The summed E-state index contributed by atoms with van der Waals surface area (Å²) in [5.74, 6) is -0.983. The van der Waals surface area contributed by atoms with Crippen LogP contribution in [0.4, 0.5) is 0 Å². The molecule has 0 aliphatic carbocycles. The number of carbonyl (C=O) groups excluding carboxylic acids is 4. The van der Waals surface area contributed by atoms with Gasteiger partial charge in [0.15, 0.2) is 5.78 Å². The summed E-state index contributed by atoms with van der Waals surface area (Å²) >= 11 is 0. The molecule has 0 aromatic heterocycles. The number of benzene rings is 4. The second-order valence-electron chi connectivity index (χ2n) is 10.5. The molecule has 4 rings (SSSR count). The Morgan fingerprint density at radius 1 is 0.630 bits per heavy atom. The van der Waals surface area contributed by atoms with Gasteiger partial charge in [0.25, 0.3) is 11.8 Å². The number of amidine groups is 1. The number of carbonyl (C=O) groups is 4. The molecule has 0 heterocycles. The molecule has 0 unspecified atom stereocenters. The molecule has 0 spiro atoms. The summed E-state index contributed by atoms with van der Waals surface area (Å²) in [5, 5.41) is 16.3. The largest absolute Gasteiger partial charge is 0.386 e. The number of rotatable bonds is 13. The molecule has 234 valence electrons. The molecule has 5 N–H and O–H groups in total. The van der Waals surface area contributed by atoms with E-state index in [4.69, 9.17) is 5.73 Å². The fourth-order valence-electron chi connectivity index (χ4n) is 4.51. The van der Waals surface area contributed by atoms with Gasteiger partial charge >= 0.3 is 0 Å². The van der Waals surface area contributed by atoms with E-state index >= 15 is 0 Å². The minimum atomic E-state index is -0.880. The van der Waals surface area contributed by atoms with Gasteiger partial charge in [-0.1, -0.05) is 84.9 Å². The van der Waals surface area contributed by atoms with Crippen molar-refractivity contribution >= 4 is 35.1 Å². The topological polar surface area (TPSA) is 155 Å². The van der Waals surface area contributed by atoms with Crippen LogP contribution in [0, 0.1) is 0 Å². The van der Waals surface area contributed by atoms with E-state index < -0.39 is 17.9 Å². The first-order valence-electron chi connectivity index (χ1n) is 14.8. The van der Waals surface area contributed by atoms with E-state index in [1.165, 1.54) is 0 Å². The average Bonchev–Trinajstić information content (AvgIpc) is 3.09. The first-order chi connectivity index (χ1) is 22.2. The number of nitrogens with zero attached hydrogens (tertiary/aromatic N) is 2. The van der Waals surface area contributed by atoms with Gasteiger partial charge in [-0.15, -0.1) is 5.10 Å². The Balaban J connectivity index is 1.35. The van der Waals surface area contributed by atoms with Crippen molar-refractivity contribution in [3.8, 4) is 0 Å². The van der Waals surface area contributed by atoms with Crippen molar-refractivity contribution < 1.29 is 19.2 Å². The number of hydrogen-bond acceptors (Lipinski definition) is 6. The summed E-state index contributed by atoms with van der Waals surface area (Å²) in [7, 11) is 0. The summed E-state index contributed by atoms with van der Waals surface area (Å²) in [6, 6.07) is 30.6. The van der Waals surface area contributed by atoms with E-state index in [0.717, 1.165) is 11.1 Å². The maximum absolute atomic E-state index is 13.2. The van der Waals surface area contributed by atoms with E-state index in [1.54, 1.807) is 80.6 Å². The van der Waals surface area contributed by atoms with Gasteiger partial charge in [0.2, 0.25) is 5.91 Å². The molecular weight excluding hydrogens is 580 g/mol. The summed E-state index contributed by atoms with van der Waals surface area (Å²) in [5.41, 5.74) is 9.49. The standard InChI is InChI=1S/C36H36N6O4/c1-24(41-42-25(2)37)30-14-9-15-31(23-30)34(44)38-20-21-39-36(46)32(22-26-10-5-3-6-11-26)40-35(45)29-18-16-28(17-19-29)33(43)27-12-7-4-8-13-27/h3-19,23,32H,20-22H2,1-2H3,(H2,37,42)(H,38,44)(H,39,46)(H,40,45)/b41-24-/t32-/m0/s1. The lowest BCUT2D eigenvalue weighted by Gasteiger charge is -2.19. The van der Waals surface area contributed by atoms with E-state index in [0.29, 0.717) is 33.8 Å². The molecule has 0 radical (unpaired) electrons. The summed E-state index contributed by atoms with van der Waals surface area (Å²) < 4.78 is 0. The van der Waals surface area contributed by atoms with E-state index in [1.807, 2.05) is 42.5 Å². The molecule has 0 saturated heterocycles. The highest BCUT2D eigenvalue weighted by atomic mass is 16.2. The van der Waals surface area contributed by atoms with Crippen LogP contribution in [-0.4, -0.2) is 54.2 Å². The predicted octanol–water partition coefficient (Wildman–Crippen LogP) is 3.91. The van der Waals surface area contributed by atoms with Crippen LogP contribution in [0.1, 0.15) is 61.6 Å². The highest BCUT2D eigenvalue weighted by molar-refractivity contribution is 6.09. The normalized spacial score (nSPS) is 12.1. The van der Waals surface area contributed by atoms with Crippen molar-refractivity contribution in [2.24, 2.45) is 15.9 Å². The van der Waals surface area contributed by atoms with Crippen LogP contribution in [0.2, 0.25) is 0 Å². The van der Waals surface area contributed by atoms with Crippen molar-refractivity contribution in [3.05, 3.63) is 143 Å². The van der Waals surface area contributed by atoms with Crippen LogP contribution >= 0.6 is 0 Å². The van der Waals surface area contributed by atoms with Gasteiger partial charge in [-0.2, -0.15) is 5.10 Å². The summed E-state index contributed by atoms with van der Waals surface area (Å²) in [4.78, 5) is 51.9. The van der Waals surface area contributed by atoms with Gasteiger partial charge < -0.3 is 21.7 Å². The maximum atomic E-state index is 13.2. The van der Waals surface area contributed by atoms with Gasteiger partial charge in [-0.05, 0) is 49.2 Å². The second-order valence-corrected chi connectivity index (χ2v) is 10.5. The number of nitrogens with one attached hydrogen (secondary N) is 3. The molecule has 0 aliphatic rings. The Kier molecular flexibility index (Phi) is 11.7. The molecule has 0 bridgehead atoms. The summed E-state index contributed by atoms with van der Waals surface area (Å²) in [6.45, 7) is 3.72. The maximum Gasteiger partial charge on any atom is 0.251 e. The molecule has 46 heavy (non-hydrogen) atoms. The molecule has 4 aromatic rings. The number of hydrogen-bond donors (Lipinski definition) is 4. The number of nitrogens with two attached hydrogens (primary N) is 1. The highest BCUT2D eigenvalue weighted by Crippen LogP contribution is 2.12. The van der Waals surface area contributed by atoms with E-state index in [-0.39, 0.29) is 31.2 Å². The average molecular weight is 617 g/mol. The van der Waals surface area contributed by atoms with Crippen molar-refractivity contribution in [1.29, 1.82) is 0 Å². The lowest BCUT2D eigenvalue weighted by atomic mass is 10.0. The van der Waals surface area contributed by atoms with E-state index in [9.17, 15) is 19.2 Å². The minimum absolute atomic E-state index is 0.146. The van der Waals surface area contributed by atoms with Gasteiger partial charge in [0.05, 0.1) is 5.71 Å². The third-order valence-corrected chi connectivity index (χ3v) is 6.96. The van der Waals surface area contributed by atoms with Crippen LogP contribution in [-0.2, 0) is 11.2 Å². The molecule has 0 aliphatic heterocycles. The van der Waals surface area contributed by atoms with Gasteiger partial charge in [-0.25, -0.2) is 0 Å². The Morgan fingerprint density at radius 3 is 1.87 bits per heavy atom. The SMILES string of the molecule is CC(N)=N/N=C(/C)c1cccc(C(=O)NCCNC(=O)[C@H](Cc2ccccc2)NC(=O)c2ccc(C(=O)c3ccccc3)cc2)c1. The number of ketones is 1. The second kappa shape index (κ2) is 16.2. The molecule has 0 saturated carbocycles. The molecule has 10 nitrogen and oxygen atoms in total. The van der Waals surface area contributed by atoms with Crippen LogP contribution in [0.5, 0.6) is 0 Å². The molecular formula is C36H36N6O4. The van der Waals surface area contributed by atoms with Crippen LogP contribution in [0.3, 0.4) is 0 Å². The minimum Gasteiger partial charge on any atom is -0.386 e. The van der Waals surface area contributed by atoms with Crippen LogP contribution in [0.15, 0.2) is 119 Å². The zero-order chi connectivity index (χ0) is 32.9. The Morgan fingerprint density at radius 2 is 1.20 bits per heavy atom. The van der Waals surface area contributed by atoms with Gasteiger partial charge in [-0.3, -0.25) is 19.2 Å². The summed E-state index contributed by atoms with van der Waals surface area (Å²) in [6.07, 6.45) is 0.261. The van der Waals surface area contributed by atoms with Crippen LogP contribution in [0.25, 0.3) is 0 Å². The monoisotopic (exact) mass is 616 g/mol. The lowest BCUT2D eigenvalue weighted by Crippen LogP contribution is -2.49. The predicted molar refractivity (Wildman–Crippen MR) is 179 cm³/mol. The smallest absolute Gasteiger partial charge is 0.251 e. The zero-order valence-corrected chi connectivity index (χ0v) is 25.7. The fourth-order valence-corrected chi connectivity index (χ4v) is 4.51. The molecule has 3 amide bonds. The van der Waals surface area contributed by atoms with Crippen molar-refractivity contribution in [3.63, 3.8) is 0 Å². The number of amides is 3. The quantitative estimate of drug-likeness (QED) is 0.0590. The van der Waals surface area contributed by atoms with Crippen molar-refractivity contribution in [2.45, 2.75) is 26.3 Å². The first kappa shape index (κ1) is 33.0. The third-order valence-electron chi connectivity index (χ3n) is 6.96. The Labute approximate surface area is 267 Å². The fraction of sp³-hybridized carbons (Fsp3) is 0.167. The Bertz CT molecular complexity index is 1730. The van der Waals surface area contributed by atoms with Crippen molar-refractivity contribution in [1.82, 2.24) is 16.0 Å². The van der Waals surface area contributed by atoms with Gasteiger partial charge in [0.1, 0.15) is 11.9 Å². The van der Waals surface area contributed by atoms with Crippen LogP contribution < -0.4 is 21.7 Å². The van der Waals surface area contributed by atoms with E-state index in [2.05, 4.69) is 26.2 Å². The third kappa shape index (κ3) is 9.55. The highest BCUT2D eigenvalue weighted by Gasteiger charge is 2.22. The Hall–Kier alpha value is -5.90. The zero-order valence-electron chi connectivity index (χ0n) is 25.7. The lowest BCUT2D eigenvalue weighted by molar-refractivity contribution is -0.122. The van der Waals surface area contributed by atoms with Gasteiger partial charge in [0, 0.05) is 41.8 Å². The first-order valence-corrected chi connectivity index (χ1v) is 14.8. The molecule has 10 heteroatoms. The van der Waals surface area contributed by atoms with Crippen molar-refractivity contribution in [2.75, 3.05) is 13.1 Å².